The van der Waals surface area contributed by atoms with Gasteiger partial charge in [0.1, 0.15) is 12.2 Å². The summed E-state index contributed by atoms with van der Waals surface area (Å²) in [6.45, 7) is 0.954. The number of hydrogen-bond donors (Lipinski definition) is 2. The molecule has 2 aromatic rings. The van der Waals surface area contributed by atoms with Crippen molar-refractivity contribution in [3.05, 3.63) is 64.2 Å². The molecule has 2 aromatic carbocycles. The zero-order valence-corrected chi connectivity index (χ0v) is 18.6. The number of nitrogens with zero attached hydrogens (tertiary/aromatic N) is 2. The Bertz CT molecular complexity index is 1090. The second-order valence-electron chi connectivity index (χ2n) is 6.82. The molecule has 1 amide bonds. The van der Waals surface area contributed by atoms with Gasteiger partial charge in [-0.05, 0) is 24.6 Å². The zero-order chi connectivity index (χ0) is 23.9. The van der Waals surface area contributed by atoms with E-state index in [0.717, 1.165) is 17.7 Å². The zero-order valence-electron chi connectivity index (χ0n) is 17.8. The molecule has 11 nitrogen and oxygen atoms in total. The Balaban J connectivity index is 1.95. The fraction of sp³-hybridized carbons (Fsp3) is 0.300. The summed E-state index contributed by atoms with van der Waals surface area (Å²) in [7, 11) is -1.21. The van der Waals surface area contributed by atoms with Gasteiger partial charge in [0.25, 0.3) is 11.6 Å². The van der Waals surface area contributed by atoms with Crippen LogP contribution >= 0.6 is 0 Å². The van der Waals surface area contributed by atoms with Crippen LogP contribution in [0.3, 0.4) is 0 Å². The molecular weight excluding hydrogens is 440 g/mol. The highest BCUT2D eigenvalue weighted by molar-refractivity contribution is 7.89. The van der Waals surface area contributed by atoms with Crippen molar-refractivity contribution < 1.29 is 27.7 Å². The minimum Gasteiger partial charge on any atom is -0.452 e. The van der Waals surface area contributed by atoms with E-state index in [-0.39, 0.29) is 10.6 Å². The van der Waals surface area contributed by atoms with Crippen molar-refractivity contribution >= 4 is 33.3 Å². The van der Waals surface area contributed by atoms with Crippen molar-refractivity contribution in [2.45, 2.75) is 24.5 Å². The second-order valence-corrected chi connectivity index (χ2v) is 8.59. The Morgan fingerprint density at radius 2 is 1.84 bits per heavy atom. The lowest BCUT2D eigenvalue weighted by Gasteiger charge is -2.21. The van der Waals surface area contributed by atoms with Gasteiger partial charge in [-0.15, -0.1) is 0 Å². The number of carbonyl (C=O) groups is 2. The first-order chi connectivity index (χ1) is 15.0. The molecule has 0 aliphatic rings. The summed E-state index contributed by atoms with van der Waals surface area (Å²) >= 11 is 0. The second kappa shape index (κ2) is 10.7. The topological polar surface area (TPSA) is 148 Å². The van der Waals surface area contributed by atoms with Crippen LogP contribution in [0, 0.1) is 10.1 Å². The molecule has 172 valence electrons. The predicted molar refractivity (Wildman–Crippen MR) is 116 cm³/mol. The number of ether oxygens (including phenoxy) is 1. The molecule has 0 saturated heterocycles. The summed E-state index contributed by atoms with van der Waals surface area (Å²) in [6.07, 6.45) is -1.13. The average molecular weight is 465 g/mol. The number of likely N-dealkylation sites (N-methyl/N-ethyl adjacent to an activating group) is 1. The number of anilines is 1. The highest BCUT2D eigenvalue weighted by Gasteiger charge is 2.24. The highest BCUT2D eigenvalue weighted by atomic mass is 32.2. The van der Waals surface area contributed by atoms with Crippen LogP contribution in [0.4, 0.5) is 11.4 Å². The third-order valence-corrected chi connectivity index (χ3v) is 5.85. The number of benzene rings is 2. The largest absolute Gasteiger partial charge is 0.452 e. The fourth-order valence-corrected chi connectivity index (χ4v) is 3.80. The quantitative estimate of drug-likeness (QED) is 0.305. The van der Waals surface area contributed by atoms with E-state index < -0.39 is 45.2 Å². The standard InChI is InChI=1S/C20H24N4O7S/c1-14(20(26)23(3)13-15-7-5-4-6-8-15)31-19(25)12-22-32(29,30)16-9-10-17(21-2)18(11-16)24(27)28/h4-11,14,21-22H,12-13H2,1-3H3. The molecule has 1 unspecified atom stereocenters. The summed E-state index contributed by atoms with van der Waals surface area (Å²) in [5, 5.41) is 13.7. The van der Waals surface area contributed by atoms with E-state index in [0.29, 0.717) is 6.54 Å². The summed E-state index contributed by atoms with van der Waals surface area (Å²) in [6, 6.07) is 12.5. The Labute approximate surface area is 185 Å². The van der Waals surface area contributed by atoms with Crippen LogP contribution in [0.15, 0.2) is 53.4 Å². The summed E-state index contributed by atoms with van der Waals surface area (Å²) in [5.74, 6) is -1.42. The maximum atomic E-state index is 12.4. The summed E-state index contributed by atoms with van der Waals surface area (Å²) < 4.78 is 31.9. The Morgan fingerprint density at radius 1 is 1.19 bits per heavy atom. The molecule has 0 radical (unpaired) electrons. The maximum absolute atomic E-state index is 12.4. The molecule has 0 aliphatic carbocycles. The molecule has 0 aromatic heterocycles. The van der Waals surface area contributed by atoms with Crippen molar-refractivity contribution in [3.63, 3.8) is 0 Å². The van der Waals surface area contributed by atoms with Crippen molar-refractivity contribution in [2.24, 2.45) is 0 Å². The van der Waals surface area contributed by atoms with Crippen LogP contribution in [-0.4, -0.2) is 56.9 Å². The van der Waals surface area contributed by atoms with Gasteiger partial charge in [-0.25, -0.2) is 8.42 Å². The lowest BCUT2D eigenvalue weighted by Crippen LogP contribution is -2.39. The maximum Gasteiger partial charge on any atom is 0.321 e. The van der Waals surface area contributed by atoms with E-state index in [2.05, 4.69) is 5.32 Å². The van der Waals surface area contributed by atoms with E-state index in [1.54, 1.807) is 7.05 Å². The third kappa shape index (κ3) is 6.49. The molecule has 0 fully saturated rings. The molecule has 2 N–H and O–H groups in total. The molecule has 0 spiro atoms. The van der Waals surface area contributed by atoms with Gasteiger partial charge in [0.2, 0.25) is 10.0 Å². The fourth-order valence-electron chi connectivity index (χ4n) is 2.81. The van der Waals surface area contributed by atoms with Gasteiger partial charge in [-0.1, -0.05) is 30.3 Å². The minimum absolute atomic E-state index is 0.139. The molecule has 2 rings (SSSR count). The Kier molecular flexibility index (Phi) is 8.27. The molecule has 1 atom stereocenters. The lowest BCUT2D eigenvalue weighted by atomic mass is 10.2. The number of amides is 1. The number of nitrogens with one attached hydrogen (secondary N) is 2. The third-order valence-electron chi connectivity index (χ3n) is 4.45. The van der Waals surface area contributed by atoms with Crippen LogP contribution in [0.1, 0.15) is 12.5 Å². The molecule has 32 heavy (non-hydrogen) atoms. The highest BCUT2D eigenvalue weighted by Crippen LogP contribution is 2.26. The lowest BCUT2D eigenvalue weighted by molar-refractivity contribution is -0.384. The van der Waals surface area contributed by atoms with Gasteiger partial charge in [0.05, 0.1) is 9.82 Å². The van der Waals surface area contributed by atoms with Gasteiger partial charge in [-0.3, -0.25) is 19.7 Å². The van der Waals surface area contributed by atoms with Gasteiger partial charge in [-0.2, -0.15) is 4.72 Å². The first kappa shape index (κ1) is 24.8. The van der Waals surface area contributed by atoms with E-state index in [9.17, 15) is 28.1 Å². The van der Waals surface area contributed by atoms with Crippen LogP contribution in [0.25, 0.3) is 0 Å². The van der Waals surface area contributed by atoms with Gasteiger partial charge in [0, 0.05) is 26.7 Å². The number of esters is 1. The SMILES string of the molecule is CNc1ccc(S(=O)(=O)NCC(=O)OC(C)C(=O)N(C)Cc2ccccc2)cc1[N+](=O)[O-]. The molecule has 12 heteroatoms. The van der Waals surface area contributed by atoms with Crippen molar-refractivity contribution in [3.8, 4) is 0 Å². The number of rotatable bonds is 10. The number of sulfonamides is 1. The average Bonchev–Trinajstić information content (AvgIpc) is 2.77. The van der Waals surface area contributed by atoms with Crippen LogP contribution in [-0.2, 0) is 30.9 Å². The molecule has 0 aliphatic heterocycles. The normalized spacial score (nSPS) is 12.0. The van der Waals surface area contributed by atoms with Gasteiger partial charge in [0.15, 0.2) is 6.10 Å². The first-order valence-corrected chi connectivity index (χ1v) is 11.0. The van der Waals surface area contributed by atoms with Crippen molar-refractivity contribution in [1.29, 1.82) is 0 Å². The van der Waals surface area contributed by atoms with Gasteiger partial charge >= 0.3 is 5.97 Å². The van der Waals surface area contributed by atoms with E-state index in [1.165, 1.54) is 24.9 Å². The molecule has 0 saturated carbocycles. The monoisotopic (exact) mass is 464 g/mol. The number of hydrogen-bond acceptors (Lipinski definition) is 8. The predicted octanol–water partition coefficient (Wildman–Crippen LogP) is 1.51. The van der Waals surface area contributed by atoms with Gasteiger partial charge < -0.3 is 15.0 Å². The molecule has 0 bridgehead atoms. The van der Waals surface area contributed by atoms with Crippen molar-refractivity contribution in [2.75, 3.05) is 26.0 Å². The smallest absolute Gasteiger partial charge is 0.321 e. The summed E-state index contributed by atoms with van der Waals surface area (Å²) in [5.41, 5.74) is 0.604. The van der Waals surface area contributed by atoms with Crippen LogP contribution in [0.2, 0.25) is 0 Å². The van der Waals surface area contributed by atoms with Crippen LogP contribution < -0.4 is 10.0 Å². The van der Waals surface area contributed by atoms with E-state index >= 15 is 0 Å². The Morgan fingerprint density at radius 3 is 2.44 bits per heavy atom. The summed E-state index contributed by atoms with van der Waals surface area (Å²) in [4.78, 5) is 35.9. The van der Waals surface area contributed by atoms with Crippen LogP contribution in [0.5, 0.6) is 0 Å². The first-order valence-electron chi connectivity index (χ1n) is 9.49. The number of carbonyl (C=O) groups excluding carboxylic acids is 2. The minimum atomic E-state index is -4.23. The number of nitro groups is 1. The number of nitro benzene ring substituents is 1. The Hall–Kier alpha value is -3.51. The van der Waals surface area contributed by atoms with E-state index in [4.69, 9.17) is 4.74 Å². The molecular formula is C20H24N4O7S. The van der Waals surface area contributed by atoms with E-state index in [1.807, 2.05) is 35.1 Å². The van der Waals surface area contributed by atoms with Crippen molar-refractivity contribution in [1.82, 2.24) is 9.62 Å². The molecule has 0 heterocycles.